The molecule has 2 aromatic heterocycles. The molecule has 1 aliphatic rings. The molecule has 23 heavy (non-hydrogen) atoms. The smallest absolute Gasteiger partial charge is 0.227 e. The lowest BCUT2D eigenvalue weighted by atomic mass is 10.3. The molecule has 8 heteroatoms. The number of nitrogens with zero attached hydrogens (tertiary/aromatic N) is 7. The van der Waals surface area contributed by atoms with Gasteiger partial charge in [-0.3, -0.25) is 0 Å². The average molecular weight is 317 g/mol. The van der Waals surface area contributed by atoms with Gasteiger partial charge >= 0.3 is 0 Å². The van der Waals surface area contributed by atoms with Crippen molar-refractivity contribution in [1.29, 1.82) is 0 Å². The average Bonchev–Trinajstić information content (AvgIpc) is 2.55. The van der Waals surface area contributed by atoms with Crippen LogP contribution in [0.2, 0.25) is 0 Å². The van der Waals surface area contributed by atoms with Gasteiger partial charge in [0.15, 0.2) is 11.6 Å². The van der Waals surface area contributed by atoms with Gasteiger partial charge in [-0.05, 0) is 6.92 Å². The lowest BCUT2D eigenvalue weighted by molar-refractivity contribution is 0.579. The summed E-state index contributed by atoms with van der Waals surface area (Å²) in [4.78, 5) is 22.9. The van der Waals surface area contributed by atoms with E-state index in [1.165, 1.54) is 12.5 Å². The molecule has 1 fully saturated rings. The number of halogens is 1. The largest absolute Gasteiger partial charge is 0.363 e. The Morgan fingerprint density at radius 2 is 1.78 bits per heavy atom. The second kappa shape index (κ2) is 6.31. The summed E-state index contributed by atoms with van der Waals surface area (Å²) >= 11 is 0. The summed E-state index contributed by atoms with van der Waals surface area (Å²) < 4.78 is 13.8. The molecule has 0 radical (unpaired) electrons. The Balaban J connectivity index is 1.73. The Labute approximate surface area is 134 Å². The van der Waals surface area contributed by atoms with E-state index in [1.807, 2.05) is 36.9 Å². The van der Waals surface area contributed by atoms with Crippen LogP contribution in [0, 0.1) is 12.7 Å². The van der Waals surface area contributed by atoms with Crippen LogP contribution in [0.25, 0.3) is 0 Å². The quantitative estimate of drug-likeness (QED) is 0.840. The molecule has 1 aliphatic heterocycles. The molecule has 0 amide bonds. The molecule has 0 atom stereocenters. The number of hydrogen-bond acceptors (Lipinski definition) is 7. The van der Waals surface area contributed by atoms with Gasteiger partial charge in [0.1, 0.15) is 12.1 Å². The predicted molar refractivity (Wildman–Crippen MR) is 87.5 cm³/mol. The van der Waals surface area contributed by atoms with E-state index in [0.29, 0.717) is 18.9 Å². The maximum atomic E-state index is 13.8. The first-order valence-electron chi connectivity index (χ1n) is 7.53. The van der Waals surface area contributed by atoms with Gasteiger partial charge in [0.2, 0.25) is 5.95 Å². The number of rotatable bonds is 3. The lowest BCUT2D eigenvalue weighted by Gasteiger charge is -2.35. The van der Waals surface area contributed by atoms with E-state index < -0.39 is 0 Å². The molecule has 7 nitrogen and oxygen atoms in total. The Hall–Kier alpha value is -2.51. The SMILES string of the molecule is Cc1cc(N(C)C)nc(N2CCN(c3ncncc3F)CC2)n1. The van der Waals surface area contributed by atoms with Crippen molar-refractivity contribution in [3.8, 4) is 0 Å². The molecule has 0 unspecified atom stereocenters. The van der Waals surface area contributed by atoms with Crippen LogP contribution in [0.4, 0.5) is 22.0 Å². The number of hydrogen-bond donors (Lipinski definition) is 0. The van der Waals surface area contributed by atoms with E-state index in [0.717, 1.165) is 30.5 Å². The zero-order chi connectivity index (χ0) is 16.4. The fourth-order valence-corrected chi connectivity index (χ4v) is 2.56. The maximum absolute atomic E-state index is 13.8. The highest BCUT2D eigenvalue weighted by Crippen LogP contribution is 2.20. The van der Waals surface area contributed by atoms with Crippen LogP contribution in [0.5, 0.6) is 0 Å². The predicted octanol–water partition coefficient (Wildman–Crippen LogP) is 1.11. The van der Waals surface area contributed by atoms with E-state index in [4.69, 9.17) is 0 Å². The summed E-state index contributed by atoms with van der Waals surface area (Å²) in [6, 6.07) is 1.95. The minimum absolute atomic E-state index is 0.360. The van der Waals surface area contributed by atoms with Crippen molar-refractivity contribution < 1.29 is 4.39 Å². The van der Waals surface area contributed by atoms with Crippen molar-refractivity contribution in [2.45, 2.75) is 6.92 Å². The van der Waals surface area contributed by atoms with Gasteiger partial charge in [0.05, 0.1) is 6.20 Å². The van der Waals surface area contributed by atoms with Crippen molar-refractivity contribution in [3.05, 3.63) is 30.1 Å². The summed E-state index contributed by atoms with van der Waals surface area (Å²) in [5, 5.41) is 0. The Kier molecular flexibility index (Phi) is 4.22. The van der Waals surface area contributed by atoms with Crippen molar-refractivity contribution >= 4 is 17.6 Å². The third-order valence-corrected chi connectivity index (χ3v) is 3.80. The van der Waals surface area contributed by atoms with Gasteiger partial charge in [-0.25, -0.2) is 19.3 Å². The number of piperazine rings is 1. The molecular formula is C15H20FN7. The first kappa shape index (κ1) is 15.4. The molecular weight excluding hydrogens is 297 g/mol. The molecule has 0 aliphatic carbocycles. The summed E-state index contributed by atoms with van der Waals surface area (Å²) in [6.07, 6.45) is 2.57. The third kappa shape index (κ3) is 3.30. The highest BCUT2D eigenvalue weighted by atomic mass is 19.1. The molecule has 0 bridgehead atoms. The summed E-state index contributed by atoms with van der Waals surface area (Å²) in [5.41, 5.74) is 0.933. The van der Waals surface area contributed by atoms with Gasteiger partial charge in [0.25, 0.3) is 0 Å². The van der Waals surface area contributed by atoms with Crippen molar-refractivity contribution in [2.75, 3.05) is 55.0 Å². The molecule has 0 saturated carbocycles. The van der Waals surface area contributed by atoms with Crippen LogP contribution in [-0.4, -0.2) is 60.2 Å². The van der Waals surface area contributed by atoms with Crippen molar-refractivity contribution in [3.63, 3.8) is 0 Å². The normalized spacial score (nSPS) is 15.0. The molecule has 3 heterocycles. The van der Waals surface area contributed by atoms with E-state index in [9.17, 15) is 4.39 Å². The Bertz CT molecular complexity index is 683. The van der Waals surface area contributed by atoms with E-state index in [2.05, 4.69) is 24.8 Å². The van der Waals surface area contributed by atoms with Crippen LogP contribution in [-0.2, 0) is 0 Å². The van der Waals surface area contributed by atoms with Crippen LogP contribution >= 0.6 is 0 Å². The second-order valence-corrected chi connectivity index (χ2v) is 5.73. The van der Waals surface area contributed by atoms with Gasteiger partial charge in [0, 0.05) is 52.0 Å². The van der Waals surface area contributed by atoms with Gasteiger partial charge < -0.3 is 14.7 Å². The Morgan fingerprint density at radius 1 is 1.09 bits per heavy atom. The minimum atomic E-state index is -0.386. The van der Waals surface area contributed by atoms with Crippen LogP contribution in [0.1, 0.15) is 5.69 Å². The molecule has 0 spiro atoms. The van der Waals surface area contributed by atoms with Crippen molar-refractivity contribution in [2.24, 2.45) is 0 Å². The fraction of sp³-hybridized carbons (Fsp3) is 0.467. The molecule has 0 aromatic carbocycles. The first-order chi connectivity index (χ1) is 11.0. The summed E-state index contributed by atoms with van der Waals surface area (Å²) in [6.45, 7) is 4.75. The number of aryl methyl sites for hydroxylation is 1. The second-order valence-electron chi connectivity index (χ2n) is 5.73. The molecule has 0 N–H and O–H groups in total. The van der Waals surface area contributed by atoms with Gasteiger partial charge in [-0.15, -0.1) is 0 Å². The molecule has 1 saturated heterocycles. The van der Waals surface area contributed by atoms with Crippen LogP contribution < -0.4 is 14.7 Å². The maximum Gasteiger partial charge on any atom is 0.227 e. The first-order valence-corrected chi connectivity index (χ1v) is 7.53. The zero-order valence-corrected chi connectivity index (χ0v) is 13.6. The topological polar surface area (TPSA) is 61.3 Å². The van der Waals surface area contributed by atoms with Crippen LogP contribution in [0.15, 0.2) is 18.6 Å². The van der Waals surface area contributed by atoms with Crippen molar-refractivity contribution in [1.82, 2.24) is 19.9 Å². The standard InChI is InChI=1S/C15H20FN7/c1-11-8-13(21(2)3)20-15(19-11)23-6-4-22(5-7-23)14-12(16)9-17-10-18-14/h8-10H,4-7H2,1-3H3. The van der Waals surface area contributed by atoms with E-state index >= 15 is 0 Å². The minimum Gasteiger partial charge on any atom is -0.363 e. The molecule has 122 valence electrons. The summed E-state index contributed by atoms with van der Waals surface area (Å²) in [5.74, 6) is 1.58. The third-order valence-electron chi connectivity index (χ3n) is 3.80. The monoisotopic (exact) mass is 317 g/mol. The molecule has 3 rings (SSSR count). The van der Waals surface area contributed by atoms with E-state index in [1.54, 1.807) is 0 Å². The molecule has 2 aromatic rings. The highest BCUT2D eigenvalue weighted by molar-refractivity contribution is 5.47. The highest BCUT2D eigenvalue weighted by Gasteiger charge is 2.22. The number of aromatic nitrogens is 4. The lowest BCUT2D eigenvalue weighted by Crippen LogP contribution is -2.47. The fourth-order valence-electron chi connectivity index (χ4n) is 2.56. The number of anilines is 3. The zero-order valence-electron chi connectivity index (χ0n) is 13.6. The van der Waals surface area contributed by atoms with Crippen LogP contribution in [0.3, 0.4) is 0 Å². The Morgan fingerprint density at radius 3 is 2.43 bits per heavy atom. The van der Waals surface area contributed by atoms with E-state index in [-0.39, 0.29) is 5.82 Å². The van der Waals surface area contributed by atoms with Gasteiger partial charge in [-0.2, -0.15) is 4.98 Å². The summed E-state index contributed by atoms with van der Waals surface area (Å²) in [7, 11) is 3.92. The van der Waals surface area contributed by atoms with Gasteiger partial charge in [-0.1, -0.05) is 0 Å².